The first-order valence-electron chi connectivity index (χ1n) is 4.54. The number of nitrogens with zero attached hydrogens (tertiary/aromatic N) is 2. The normalized spacial score (nSPS) is 9.93. The Kier molecular flexibility index (Phi) is 2.49. The molecular formula is C11H10N3O. The van der Waals surface area contributed by atoms with Crippen LogP contribution in [-0.2, 0) is 0 Å². The highest BCUT2D eigenvalue weighted by Gasteiger charge is 2.02. The zero-order valence-electron chi connectivity index (χ0n) is 8.27. The average Bonchev–Trinajstić information content (AvgIpc) is 2.82. The van der Waals surface area contributed by atoms with Crippen LogP contribution < -0.4 is 5.32 Å². The second-order valence-electron chi connectivity index (χ2n) is 3.01. The zero-order valence-corrected chi connectivity index (χ0v) is 8.27. The molecule has 1 N–H and O–H groups in total. The highest BCUT2D eigenvalue weighted by atomic mass is 16.1. The van der Waals surface area contributed by atoms with E-state index in [9.17, 15) is 4.79 Å². The van der Waals surface area contributed by atoms with Gasteiger partial charge in [0.25, 0.3) is 5.91 Å². The lowest BCUT2D eigenvalue weighted by atomic mass is 10.2. The number of aromatic nitrogens is 2. The Morgan fingerprint density at radius 3 is 2.67 bits per heavy atom. The summed E-state index contributed by atoms with van der Waals surface area (Å²) in [5, 5.41) is 6.61. The van der Waals surface area contributed by atoms with Crippen LogP contribution in [0.2, 0.25) is 0 Å². The molecule has 15 heavy (non-hydrogen) atoms. The van der Waals surface area contributed by atoms with Crippen molar-refractivity contribution in [3.05, 3.63) is 48.3 Å². The number of amides is 1. The molecule has 0 aliphatic rings. The highest BCUT2D eigenvalue weighted by Crippen LogP contribution is 2.08. The summed E-state index contributed by atoms with van der Waals surface area (Å²) >= 11 is 0. The molecule has 0 saturated heterocycles. The number of hydrogen-bond acceptors (Lipinski definition) is 2. The van der Waals surface area contributed by atoms with Crippen molar-refractivity contribution in [2.75, 3.05) is 7.05 Å². The second-order valence-corrected chi connectivity index (χ2v) is 3.01. The maximum Gasteiger partial charge on any atom is 0.251 e. The van der Waals surface area contributed by atoms with Gasteiger partial charge in [0.15, 0.2) is 0 Å². The molecule has 1 heterocycles. The van der Waals surface area contributed by atoms with Crippen LogP contribution in [0.25, 0.3) is 5.69 Å². The van der Waals surface area contributed by atoms with Gasteiger partial charge in [0.2, 0.25) is 0 Å². The molecule has 0 aliphatic carbocycles. The van der Waals surface area contributed by atoms with Crippen molar-refractivity contribution in [3.8, 4) is 5.69 Å². The monoisotopic (exact) mass is 200 g/mol. The Morgan fingerprint density at radius 1 is 1.40 bits per heavy atom. The van der Waals surface area contributed by atoms with Crippen molar-refractivity contribution < 1.29 is 4.79 Å². The van der Waals surface area contributed by atoms with E-state index in [0.29, 0.717) is 5.56 Å². The summed E-state index contributed by atoms with van der Waals surface area (Å²) in [4.78, 5) is 11.3. The largest absolute Gasteiger partial charge is 0.355 e. The number of benzene rings is 1. The standard InChI is InChI=1S/C11H10N3O/c1-12-11(15)9-3-5-10(6-4-9)14-8-2-7-13-14/h3-8H,1H3,(H,12,15). The van der Waals surface area contributed by atoms with Gasteiger partial charge in [-0.2, -0.15) is 5.10 Å². The summed E-state index contributed by atoms with van der Waals surface area (Å²) in [6, 6.07) is 10.0. The van der Waals surface area contributed by atoms with Gasteiger partial charge >= 0.3 is 0 Å². The molecule has 4 nitrogen and oxygen atoms in total. The number of nitrogens with one attached hydrogen (secondary N) is 1. The van der Waals surface area contributed by atoms with Gasteiger partial charge in [-0.1, -0.05) is 0 Å². The molecule has 0 fully saturated rings. The van der Waals surface area contributed by atoms with E-state index in [2.05, 4.69) is 16.5 Å². The van der Waals surface area contributed by atoms with E-state index < -0.39 is 0 Å². The van der Waals surface area contributed by atoms with Crippen molar-refractivity contribution in [2.24, 2.45) is 0 Å². The fourth-order valence-electron chi connectivity index (χ4n) is 1.28. The summed E-state index contributed by atoms with van der Waals surface area (Å²) in [5.74, 6) is -0.0893. The molecule has 0 saturated carbocycles. The molecule has 1 aromatic heterocycles. The van der Waals surface area contributed by atoms with Crippen molar-refractivity contribution in [1.29, 1.82) is 0 Å². The van der Waals surface area contributed by atoms with E-state index in [4.69, 9.17) is 0 Å². The predicted octanol–water partition coefficient (Wildman–Crippen LogP) is 1.03. The van der Waals surface area contributed by atoms with Crippen molar-refractivity contribution in [2.45, 2.75) is 0 Å². The van der Waals surface area contributed by atoms with Crippen molar-refractivity contribution >= 4 is 5.91 Å². The topological polar surface area (TPSA) is 46.9 Å². The van der Waals surface area contributed by atoms with E-state index in [-0.39, 0.29) is 5.91 Å². The van der Waals surface area contributed by atoms with Crippen LogP contribution >= 0.6 is 0 Å². The van der Waals surface area contributed by atoms with Gasteiger partial charge in [-0.05, 0) is 24.3 Å². The van der Waals surface area contributed by atoms with Crippen molar-refractivity contribution in [3.63, 3.8) is 0 Å². The third-order valence-corrected chi connectivity index (χ3v) is 2.07. The predicted molar refractivity (Wildman–Crippen MR) is 55.8 cm³/mol. The Morgan fingerprint density at radius 2 is 2.13 bits per heavy atom. The lowest BCUT2D eigenvalue weighted by Gasteiger charge is -2.02. The van der Waals surface area contributed by atoms with E-state index in [0.717, 1.165) is 5.69 Å². The maximum absolute atomic E-state index is 11.3. The Balaban J connectivity index is 2.29. The number of carbonyl (C=O) groups is 1. The maximum atomic E-state index is 11.3. The molecule has 1 radical (unpaired) electrons. The van der Waals surface area contributed by atoms with Crippen LogP contribution in [0.1, 0.15) is 10.4 Å². The van der Waals surface area contributed by atoms with Gasteiger partial charge in [-0.3, -0.25) is 4.79 Å². The molecule has 0 bridgehead atoms. The lowest BCUT2D eigenvalue weighted by Crippen LogP contribution is -2.17. The zero-order chi connectivity index (χ0) is 10.7. The average molecular weight is 200 g/mol. The van der Waals surface area contributed by atoms with Gasteiger partial charge in [-0.15, -0.1) is 0 Å². The third-order valence-electron chi connectivity index (χ3n) is 2.07. The Hall–Kier alpha value is -2.10. The molecule has 0 atom stereocenters. The van der Waals surface area contributed by atoms with Crippen molar-refractivity contribution in [1.82, 2.24) is 15.1 Å². The van der Waals surface area contributed by atoms with Crippen LogP contribution in [0.3, 0.4) is 0 Å². The second kappa shape index (κ2) is 3.96. The van der Waals surface area contributed by atoms with Crippen LogP contribution in [0.15, 0.2) is 36.7 Å². The highest BCUT2D eigenvalue weighted by molar-refractivity contribution is 5.94. The van der Waals surface area contributed by atoms with Gasteiger partial charge in [-0.25, -0.2) is 4.68 Å². The summed E-state index contributed by atoms with van der Waals surface area (Å²) in [5.41, 5.74) is 1.54. The molecule has 0 spiro atoms. The quantitative estimate of drug-likeness (QED) is 0.787. The Bertz CT molecular complexity index is 445. The minimum absolute atomic E-state index is 0.0893. The molecule has 2 rings (SSSR count). The van der Waals surface area contributed by atoms with E-state index in [1.165, 1.54) is 0 Å². The summed E-state index contributed by atoms with van der Waals surface area (Å²) in [6.07, 6.45) is 3.32. The van der Waals surface area contributed by atoms with Gasteiger partial charge in [0, 0.05) is 24.9 Å². The number of hydrogen-bond donors (Lipinski definition) is 1. The van der Waals surface area contributed by atoms with Gasteiger partial charge < -0.3 is 5.32 Å². The fraction of sp³-hybridized carbons (Fsp3) is 0.0909. The Labute approximate surface area is 87.5 Å². The molecule has 75 valence electrons. The third kappa shape index (κ3) is 1.88. The fourth-order valence-corrected chi connectivity index (χ4v) is 1.28. The van der Waals surface area contributed by atoms with E-state index >= 15 is 0 Å². The van der Waals surface area contributed by atoms with E-state index in [1.807, 2.05) is 12.1 Å². The molecule has 0 aliphatic heterocycles. The molecular weight excluding hydrogens is 190 g/mol. The van der Waals surface area contributed by atoms with E-state index in [1.54, 1.807) is 36.3 Å². The summed E-state index contributed by atoms with van der Waals surface area (Å²) < 4.78 is 1.69. The number of carbonyl (C=O) groups excluding carboxylic acids is 1. The molecule has 4 heteroatoms. The van der Waals surface area contributed by atoms with Crippen LogP contribution in [0.5, 0.6) is 0 Å². The summed E-state index contributed by atoms with van der Waals surface area (Å²) in [6.45, 7) is 0. The van der Waals surface area contributed by atoms with Crippen LogP contribution in [0, 0.1) is 6.07 Å². The van der Waals surface area contributed by atoms with Crippen LogP contribution in [0.4, 0.5) is 0 Å². The molecule has 1 amide bonds. The summed E-state index contributed by atoms with van der Waals surface area (Å²) in [7, 11) is 1.61. The van der Waals surface area contributed by atoms with Crippen LogP contribution in [-0.4, -0.2) is 22.7 Å². The first kappa shape index (κ1) is 9.45. The minimum atomic E-state index is -0.0893. The first-order valence-corrected chi connectivity index (χ1v) is 4.54. The smallest absolute Gasteiger partial charge is 0.251 e. The number of rotatable bonds is 2. The SMILES string of the molecule is CNC(=O)c1ccc(-n2c[c]cn2)cc1. The lowest BCUT2D eigenvalue weighted by molar-refractivity contribution is 0.0963. The molecule has 0 unspecified atom stereocenters. The minimum Gasteiger partial charge on any atom is -0.355 e. The van der Waals surface area contributed by atoms with Gasteiger partial charge in [0.05, 0.1) is 11.9 Å². The molecule has 1 aromatic carbocycles. The molecule has 2 aromatic rings. The first-order chi connectivity index (χ1) is 7.31. The van der Waals surface area contributed by atoms with Gasteiger partial charge in [0.1, 0.15) is 0 Å².